The zero-order chi connectivity index (χ0) is 19.8. The van der Waals surface area contributed by atoms with E-state index in [0.717, 1.165) is 5.56 Å². The van der Waals surface area contributed by atoms with E-state index in [1.807, 2.05) is 30.3 Å². The van der Waals surface area contributed by atoms with Gasteiger partial charge in [-0.2, -0.15) is 0 Å². The first-order valence-electron chi connectivity index (χ1n) is 9.06. The van der Waals surface area contributed by atoms with Crippen molar-refractivity contribution in [2.45, 2.75) is 20.4 Å². The van der Waals surface area contributed by atoms with Gasteiger partial charge in [-0.25, -0.2) is 14.0 Å². The molecule has 0 aliphatic heterocycles. The second kappa shape index (κ2) is 6.96. The van der Waals surface area contributed by atoms with E-state index in [9.17, 15) is 14.0 Å². The predicted octanol–water partition coefficient (Wildman–Crippen LogP) is 3.93. The van der Waals surface area contributed by atoms with Crippen molar-refractivity contribution < 1.29 is 13.9 Å². The van der Waals surface area contributed by atoms with E-state index >= 15 is 0 Å². The number of esters is 1. The van der Waals surface area contributed by atoms with E-state index in [4.69, 9.17) is 4.74 Å². The van der Waals surface area contributed by atoms with Crippen LogP contribution in [0, 0.1) is 12.7 Å². The van der Waals surface area contributed by atoms with Crippen molar-refractivity contribution in [2.75, 3.05) is 6.61 Å². The molecule has 0 aliphatic carbocycles. The third-order valence-electron chi connectivity index (χ3n) is 4.87. The summed E-state index contributed by atoms with van der Waals surface area (Å²) in [5, 5.41) is 0.555. The number of halogens is 1. The lowest BCUT2D eigenvalue weighted by atomic mass is 10.1. The molecule has 0 N–H and O–H groups in total. The lowest BCUT2D eigenvalue weighted by Gasteiger charge is -2.16. The van der Waals surface area contributed by atoms with Crippen LogP contribution in [-0.4, -0.2) is 21.5 Å². The molecule has 0 saturated heterocycles. The van der Waals surface area contributed by atoms with Crippen LogP contribution in [0.5, 0.6) is 0 Å². The quantitative estimate of drug-likeness (QED) is 0.506. The molecule has 0 fully saturated rings. The second-order valence-electron chi connectivity index (χ2n) is 6.60. The lowest BCUT2D eigenvalue weighted by Crippen LogP contribution is -2.31. The summed E-state index contributed by atoms with van der Waals surface area (Å²) in [5.74, 6) is -0.905. The lowest BCUT2D eigenvalue weighted by molar-refractivity contribution is 0.0526. The van der Waals surface area contributed by atoms with Gasteiger partial charge in [-0.05, 0) is 43.7 Å². The summed E-state index contributed by atoms with van der Waals surface area (Å²) in [5.41, 5.74) is 2.45. The molecule has 0 unspecified atom stereocenters. The first kappa shape index (κ1) is 18.0. The van der Waals surface area contributed by atoms with E-state index < -0.39 is 11.8 Å². The van der Waals surface area contributed by atoms with Gasteiger partial charge in [-0.1, -0.05) is 30.3 Å². The van der Waals surface area contributed by atoms with Gasteiger partial charge >= 0.3 is 11.7 Å². The molecule has 0 saturated carbocycles. The molecule has 28 heavy (non-hydrogen) atoms. The Bertz CT molecular complexity index is 1260. The number of carbonyl (C=O) groups excluding carboxylic acids is 1. The number of aromatic nitrogens is 2. The van der Waals surface area contributed by atoms with Crippen molar-refractivity contribution in [3.05, 3.63) is 87.7 Å². The first-order valence-corrected chi connectivity index (χ1v) is 9.06. The number of rotatable bonds is 4. The van der Waals surface area contributed by atoms with Gasteiger partial charge in [-0.15, -0.1) is 0 Å². The van der Waals surface area contributed by atoms with Crippen molar-refractivity contribution in [2.24, 2.45) is 0 Å². The van der Waals surface area contributed by atoms with E-state index in [2.05, 4.69) is 0 Å². The molecule has 0 radical (unpaired) electrons. The Balaban J connectivity index is 2.08. The molecular formula is C22H19FN2O3. The molecule has 4 aromatic rings. The highest BCUT2D eigenvalue weighted by molar-refractivity contribution is 6.02. The average molecular weight is 378 g/mol. The van der Waals surface area contributed by atoms with Crippen molar-refractivity contribution >= 4 is 22.4 Å². The van der Waals surface area contributed by atoms with Crippen LogP contribution in [0.15, 0.2) is 59.4 Å². The maximum atomic E-state index is 13.7. The smallest absolute Gasteiger partial charge is 0.342 e. The van der Waals surface area contributed by atoms with E-state index in [0.29, 0.717) is 34.2 Å². The minimum absolute atomic E-state index is 0.219. The molecule has 5 nitrogen and oxygen atoms in total. The molecule has 0 bridgehead atoms. The molecule has 2 aromatic heterocycles. The van der Waals surface area contributed by atoms with Crippen molar-refractivity contribution in [1.29, 1.82) is 0 Å². The highest BCUT2D eigenvalue weighted by Crippen LogP contribution is 2.25. The molecule has 0 atom stereocenters. The molecule has 6 heteroatoms. The average Bonchev–Trinajstić information content (AvgIpc) is 3.04. The fourth-order valence-electron chi connectivity index (χ4n) is 3.57. The fourth-order valence-corrected chi connectivity index (χ4v) is 3.57. The standard InChI is InChI=1S/C22H19FN2O3/c1-3-28-21(26)20-14(2)24(13-15-7-5-4-6-8-15)22(27)25-18-10-9-17(23)11-16(18)12-19(20)25/h4-12H,3,13H2,1-2H3. The highest BCUT2D eigenvalue weighted by Gasteiger charge is 2.22. The number of hydrogen-bond acceptors (Lipinski definition) is 3. The molecule has 4 rings (SSSR count). The third-order valence-corrected chi connectivity index (χ3v) is 4.87. The zero-order valence-corrected chi connectivity index (χ0v) is 15.6. The first-order chi connectivity index (χ1) is 13.5. The second-order valence-corrected chi connectivity index (χ2v) is 6.60. The molecule has 2 heterocycles. The Labute approximate surface area is 160 Å². The molecule has 142 valence electrons. The van der Waals surface area contributed by atoms with E-state index in [1.54, 1.807) is 30.5 Å². The van der Waals surface area contributed by atoms with E-state index in [-0.39, 0.29) is 12.3 Å². The van der Waals surface area contributed by atoms with E-state index in [1.165, 1.54) is 16.5 Å². The van der Waals surface area contributed by atoms with Crippen LogP contribution in [0.2, 0.25) is 0 Å². The SMILES string of the molecule is CCOC(=O)c1c(C)n(Cc2ccccc2)c(=O)n2c1cc1cc(F)ccc12. The van der Waals surface area contributed by atoms with Crippen LogP contribution < -0.4 is 5.69 Å². The summed E-state index contributed by atoms with van der Waals surface area (Å²) in [4.78, 5) is 26.0. The van der Waals surface area contributed by atoms with Crippen molar-refractivity contribution in [1.82, 2.24) is 8.97 Å². The maximum absolute atomic E-state index is 13.7. The van der Waals surface area contributed by atoms with Crippen LogP contribution in [0.4, 0.5) is 4.39 Å². The Morgan fingerprint density at radius 2 is 1.82 bits per heavy atom. The number of nitrogens with zero attached hydrogens (tertiary/aromatic N) is 2. The Kier molecular flexibility index (Phi) is 4.47. The summed E-state index contributed by atoms with van der Waals surface area (Å²) < 4.78 is 22.0. The van der Waals surface area contributed by atoms with Gasteiger partial charge in [0, 0.05) is 11.1 Å². The monoisotopic (exact) mass is 378 g/mol. The Morgan fingerprint density at radius 1 is 1.07 bits per heavy atom. The summed E-state index contributed by atoms with van der Waals surface area (Å²) in [6.45, 7) is 4.00. The van der Waals surface area contributed by atoms with Gasteiger partial charge < -0.3 is 4.74 Å². The summed E-state index contributed by atoms with van der Waals surface area (Å²) >= 11 is 0. The van der Waals surface area contributed by atoms with Gasteiger partial charge in [0.1, 0.15) is 11.4 Å². The zero-order valence-electron chi connectivity index (χ0n) is 15.6. The topological polar surface area (TPSA) is 52.7 Å². The maximum Gasteiger partial charge on any atom is 0.342 e. The number of carbonyl (C=O) groups is 1. The predicted molar refractivity (Wildman–Crippen MR) is 105 cm³/mol. The summed E-state index contributed by atoms with van der Waals surface area (Å²) in [7, 11) is 0. The minimum Gasteiger partial charge on any atom is -0.462 e. The van der Waals surface area contributed by atoms with Gasteiger partial charge in [-0.3, -0.25) is 8.97 Å². The summed E-state index contributed by atoms with van der Waals surface area (Å²) in [6.07, 6.45) is 0. The van der Waals surface area contributed by atoms with Crippen LogP contribution in [-0.2, 0) is 11.3 Å². The highest BCUT2D eigenvalue weighted by atomic mass is 19.1. The molecule has 0 aliphatic rings. The van der Waals surface area contributed by atoms with Crippen molar-refractivity contribution in [3.63, 3.8) is 0 Å². The molecule has 0 spiro atoms. The molecule has 2 aromatic carbocycles. The summed E-state index contributed by atoms with van der Waals surface area (Å²) in [6, 6.07) is 15.4. The normalized spacial score (nSPS) is 11.2. The third kappa shape index (κ3) is 2.87. The van der Waals surface area contributed by atoms with Crippen LogP contribution in [0.1, 0.15) is 28.5 Å². The minimum atomic E-state index is -0.505. The fraction of sp³-hybridized carbons (Fsp3) is 0.182. The van der Waals surface area contributed by atoms with Crippen LogP contribution in [0.3, 0.4) is 0 Å². The van der Waals surface area contributed by atoms with Crippen molar-refractivity contribution in [3.8, 4) is 0 Å². The largest absolute Gasteiger partial charge is 0.462 e. The Hall–Kier alpha value is -3.41. The number of fused-ring (bicyclic) bond motifs is 3. The Morgan fingerprint density at radius 3 is 2.54 bits per heavy atom. The van der Waals surface area contributed by atoms with Crippen LogP contribution >= 0.6 is 0 Å². The number of ether oxygens (including phenoxy) is 1. The van der Waals surface area contributed by atoms with Gasteiger partial charge in [0.25, 0.3) is 0 Å². The molecular weight excluding hydrogens is 359 g/mol. The number of hydrogen-bond donors (Lipinski definition) is 0. The van der Waals surface area contributed by atoms with Gasteiger partial charge in [0.2, 0.25) is 0 Å². The van der Waals surface area contributed by atoms with Crippen LogP contribution in [0.25, 0.3) is 16.4 Å². The number of benzene rings is 2. The molecule has 0 amide bonds. The van der Waals surface area contributed by atoms with Gasteiger partial charge in [0.05, 0.1) is 24.2 Å². The van der Waals surface area contributed by atoms with Gasteiger partial charge in [0.15, 0.2) is 0 Å².